The van der Waals surface area contributed by atoms with Gasteiger partial charge < -0.3 is 10.1 Å². The topological polar surface area (TPSA) is 58.6 Å². The molecule has 1 aliphatic heterocycles. The van der Waals surface area contributed by atoms with E-state index in [4.69, 9.17) is 4.74 Å². The van der Waals surface area contributed by atoms with Gasteiger partial charge in [0.15, 0.2) is 0 Å². The number of halogens is 1. The van der Waals surface area contributed by atoms with Crippen LogP contribution in [0.3, 0.4) is 0 Å². The van der Waals surface area contributed by atoms with E-state index in [-0.39, 0.29) is 11.3 Å². The zero-order valence-electron chi connectivity index (χ0n) is 15.7. The lowest BCUT2D eigenvalue weighted by molar-refractivity contribution is -0.120. The van der Waals surface area contributed by atoms with Crippen LogP contribution in [0.4, 0.5) is 15.8 Å². The molecule has 5 nitrogen and oxygen atoms in total. The number of hydrogen-bond donors (Lipinski definition) is 1. The van der Waals surface area contributed by atoms with Crippen molar-refractivity contribution in [3.05, 3.63) is 81.9 Å². The van der Waals surface area contributed by atoms with E-state index in [1.54, 1.807) is 30.3 Å². The minimum absolute atomic E-state index is 0.103. The molecular formula is C22H17FN2O3S. The molecule has 3 aromatic rings. The molecule has 1 aliphatic rings. The summed E-state index contributed by atoms with van der Waals surface area (Å²) < 4.78 is 19.0. The van der Waals surface area contributed by atoms with E-state index in [0.717, 1.165) is 10.5 Å². The molecule has 1 N–H and O–H groups in total. The normalized spacial score (nSPS) is 14.0. The molecule has 2 heterocycles. The lowest BCUT2D eigenvalue weighted by Crippen LogP contribution is -2.32. The molecule has 2 amide bonds. The monoisotopic (exact) mass is 408 g/mol. The average Bonchev–Trinajstić information content (AvgIpc) is 3.29. The van der Waals surface area contributed by atoms with Crippen molar-refractivity contribution in [1.29, 1.82) is 0 Å². The fourth-order valence-corrected chi connectivity index (χ4v) is 3.97. The second-order valence-corrected chi connectivity index (χ2v) is 7.43. The zero-order valence-corrected chi connectivity index (χ0v) is 16.5. The standard InChI is InChI=1S/C22H17FN2O3S/c1-13-8-9-17(28-2)16(11-13)25-21(26)19(18-7-4-10-29-18)20(22(25)27)24-15-6-3-5-14(23)12-15/h3-12,24H,1-2H3. The first-order valence-electron chi connectivity index (χ1n) is 8.83. The number of methoxy groups -OCH3 is 1. The van der Waals surface area contributed by atoms with Crippen molar-refractivity contribution in [2.45, 2.75) is 6.92 Å². The largest absolute Gasteiger partial charge is 0.495 e. The molecular weight excluding hydrogens is 391 g/mol. The Hall–Kier alpha value is -3.45. The maximum absolute atomic E-state index is 13.6. The van der Waals surface area contributed by atoms with Crippen molar-refractivity contribution in [3.8, 4) is 5.75 Å². The molecule has 29 heavy (non-hydrogen) atoms. The second kappa shape index (κ2) is 7.52. The van der Waals surface area contributed by atoms with Gasteiger partial charge in [0.05, 0.1) is 18.4 Å². The van der Waals surface area contributed by atoms with E-state index in [0.29, 0.717) is 22.0 Å². The first-order chi connectivity index (χ1) is 14.0. The molecule has 0 unspecified atom stereocenters. The van der Waals surface area contributed by atoms with Crippen molar-refractivity contribution < 1.29 is 18.7 Å². The first kappa shape index (κ1) is 18.9. The second-order valence-electron chi connectivity index (χ2n) is 6.48. The van der Waals surface area contributed by atoms with Crippen molar-refractivity contribution in [2.24, 2.45) is 0 Å². The Morgan fingerprint density at radius 2 is 1.86 bits per heavy atom. The van der Waals surface area contributed by atoms with Crippen molar-refractivity contribution in [1.82, 2.24) is 0 Å². The molecule has 0 fully saturated rings. The number of amides is 2. The van der Waals surface area contributed by atoms with E-state index in [9.17, 15) is 14.0 Å². The van der Waals surface area contributed by atoms with Crippen molar-refractivity contribution in [2.75, 3.05) is 17.3 Å². The Labute approximate surface area is 171 Å². The third kappa shape index (κ3) is 3.40. The maximum Gasteiger partial charge on any atom is 0.282 e. The highest BCUT2D eigenvalue weighted by Gasteiger charge is 2.41. The fourth-order valence-electron chi connectivity index (χ4n) is 3.20. The van der Waals surface area contributed by atoms with E-state index < -0.39 is 17.6 Å². The lowest BCUT2D eigenvalue weighted by Gasteiger charge is -2.19. The number of thiophene rings is 1. The van der Waals surface area contributed by atoms with Crippen molar-refractivity contribution in [3.63, 3.8) is 0 Å². The van der Waals surface area contributed by atoms with Gasteiger partial charge in [0.2, 0.25) is 0 Å². The summed E-state index contributed by atoms with van der Waals surface area (Å²) in [5.41, 5.74) is 1.98. The highest BCUT2D eigenvalue weighted by Crippen LogP contribution is 2.39. The minimum Gasteiger partial charge on any atom is -0.495 e. The number of carbonyl (C=O) groups excluding carboxylic acids is 2. The number of benzene rings is 2. The van der Waals surface area contributed by atoms with Crippen molar-refractivity contribution >= 4 is 40.1 Å². The molecule has 0 saturated carbocycles. The number of ether oxygens (including phenoxy) is 1. The molecule has 4 rings (SSSR count). The van der Waals surface area contributed by atoms with Crippen LogP contribution in [0.5, 0.6) is 5.75 Å². The molecule has 0 aliphatic carbocycles. The summed E-state index contributed by atoms with van der Waals surface area (Å²) in [7, 11) is 1.48. The van der Waals surface area contributed by atoms with Gasteiger partial charge in [-0.2, -0.15) is 0 Å². The molecule has 0 saturated heterocycles. The first-order valence-corrected chi connectivity index (χ1v) is 9.71. The Bertz CT molecular complexity index is 1140. The van der Waals surface area contributed by atoms with E-state index in [1.165, 1.54) is 36.6 Å². The summed E-state index contributed by atoms with van der Waals surface area (Å²) in [6.45, 7) is 1.87. The number of anilines is 2. The molecule has 146 valence electrons. The van der Waals surface area contributed by atoms with E-state index in [2.05, 4.69) is 5.32 Å². The molecule has 7 heteroatoms. The highest BCUT2D eigenvalue weighted by molar-refractivity contribution is 7.11. The van der Waals surface area contributed by atoms with Gasteiger partial charge in [-0.3, -0.25) is 9.59 Å². The predicted octanol–water partition coefficient (Wildman–Crippen LogP) is 4.60. The Morgan fingerprint density at radius 1 is 1.03 bits per heavy atom. The summed E-state index contributed by atoms with van der Waals surface area (Å²) in [5.74, 6) is -1.01. The summed E-state index contributed by atoms with van der Waals surface area (Å²) in [5, 5.41) is 4.77. The van der Waals surface area contributed by atoms with Gasteiger partial charge in [-0.1, -0.05) is 18.2 Å². The molecule has 0 radical (unpaired) electrons. The van der Waals surface area contributed by atoms with Crippen LogP contribution in [0.1, 0.15) is 10.4 Å². The number of aryl methyl sites for hydroxylation is 1. The summed E-state index contributed by atoms with van der Waals surface area (Å²) >= 11 is 1.35. The molecule has 0 bridgehead atoms. The molecule has 0 atom stereocenters. The van der Waals surface area contributed by atoms with E-state index in [1.807, 2.05) is 18.4 Å². The van der Waals surface area contributed by atoms with Crippen LogP contribution in [0.2, 0.25) is 0 Å². The average molecular weight is 408 g/mol. The van der Waals surface area contributed by atoms with Gasteiger partial charge in [-0.15, -0.1) is 11.3 Å². The summed E-state index contributed by atoms with van der Waals surface area (Å²) in [6.07, 6.45) is 0. The predicted molar refractivity (Wildman–Crippen MR) is 111 cm³/mol. The van der Waals surface area contributed by atoms with Crippen LogP contribution in [0.15, 0.2) is 65.7 Å². The molecule has 0 spiro atoms. The summed E-state index contributed by atoms with van der Waals surface area (Å²) in [4.78, 5) is 28.4. The van der Waals surface area contributed by atoms with Gasteiger partial charge >= 0.3 is 0 Å². The number of nitrogens with one attached hydrogen (secondary N) is 1. The van der Waals surface area contributed by atoms with Gasteiger partial charge in [0, 0.05) is 10.6 Å². The van der Waals surface area contributed by atoms with Crippen LogP contribution < -0.4 is 15.0 Å². The van der Waals surface area contributed by atoms with Crippen LogP contribution in [0, 0.1) is 12.7 Å². The maximum atomic E-state index is 13.6. The number of nitrogens with zero attached hydrogens (tertiary/aromatic N) is 1. The van der Waals surface area contributed by atoms with Gasteiger partial charge in [-0.25, -0.2) is 9.29 Å². The Kier molecular flexibility index (Phi) is 4.90. The van der Waals surface area contributed by atoms with Crippen LogP contribution >= 0.6 is 11.3 Å². The van der Waals surface area contributed by atoms with Gasteiger partial charge in [0.1, 0.15) is 17.3 Å². The number of imide groups is 1. The lowest BCUT2D eigenvalue weighted by atomic mass is 10.1. The minimum atomic E-state index is -0.522. The quantitative estimate of drug-likeness (QED) is 0.627. The van der Waals surface area contributed by atoms with Crippen LogP contribution in [-0.2, 0) is 9.59 Å². The van der Waals surface area contributed by atoms with E-state index >= 15 is 0 Å². The number of rotatable bonds is 5. The van der Waals surface area contributed by atoms with Crippen LogP contribution in [-0.4, -0.2) is 18.9 Å². The Morgan fingerprint density at radius 3 is 2.55 bits per heavy atom. The molecule has 1 aromatic heterocycles. The Balaban J connectivity index is 1.84. The fraction of sp³-hybridized carbons (Fsp3) is 0.0909. The number of carbonyl (C=O) groups is 2. The summed E-state index contributed by atoms with van der Waals surface area (Å²) in [6, 6.07) is 14.6. The van der Waals surface area contributed by atoms with Gasteiger partial charge in [0.25, 0.3) is 11.8 Å². The third-order valence-electron chi connectivity index (χ3n) is 4.52. The van der Waals surface area contributed by atoms with Gasteiger partial charge in [-0.05, 0) is 54.3 Å². The zero-order chi connectivity index (χ0) is 20.5. The smallest absolute Gasteiger partial charge is 0.282 e. The highest BCUT2D eigenvalue weighted by atomic mass is 32.1. The number of hydrogen-bond acceptors (Lipinski definition) is 5. The third-order valence-corrected chi connectivity index (χ3v) is 5.41. The van der Waals surface area contributed by atoms with Crippen LogP contribution in [0.25, 0.3) is 5.57 Å². The SMILES string of the molecule is COc1ccc(C)cc1N1C(=O)C(Nc2cccc(F)c2)=C(c2cccs2)C1=O. The molecule has 2 aromatic carbocycles.